The molecular formula is C21H23F3O4. The van der Waals surface area contributed by atoms with Gasteiger partial charge in [0.2, 0.25) is 0 Å². The molecule has 1 aliphatic rings. The third-order valence-corrected chi connectivity index (χ3v) is 4.25. The van der Waals surface area contributed by atoms with Crippen LogP contribution >= 0.6 is 0 Å². The summed E-state index contributed by atoms with van der Waals surface area (Å²) < 4.78 is 58.4. The second-order valence-electron chi connectivity index (χ2n) is 6.60. The molecule has 0 amide bonds. The van der Waals surface area contributed by atoms with Crippen LogP contribution in [0, 0.1) is 6.92 Å². The van der Waals surface area contributed by atoms with Gasteiger partial charge < -0.3 is 18.9 Å². The lowest BCUT2D eigenvalue weighted by atomic mass is 10.1. The molecule has 0 atom stereocenters. The number of hydrogen-bond acceptors (Lipinski definition) is 4. The lowest BCUT2D eigenvalue weighted by Gasteiger charge is -2.18. The Bertz CT molecular complexity index is 790. The Morgan fingerprint density at radius 1 is 0.964 bits per heavy atom. The average molecular weight is 396 g/mol. The zero-order valence-electron chi connectivity index (χ0n) is 15.7. The summed E-state index contributed by atoms with van der Waals surface area (Å²) in [5.41, 5.74) is 1.92. The molecule has 1 aliphatic heterocycles. The first kappa shape index (κ1) is 20.2. The predicted molar refractivity (Wildman–Crippen MR) is 98.6 cm³/mol. The van der Waals surface area contributed by atoms with Crippen LogP contribution in [0.25, 0.3) is 0 Å². The van der Waals surface area contributed by atoms with Gasteiger partial charge in [0.1, 0.15) is 23.0 Å². The smallest absolute Gasteiger partial charge is 0.422 e. The van der Waals surface area contributed by atoms with Crippen LogP contribution < -0.4 is 18.9 Å². The van der Waals surface area contributed by atoms with E-state index in [1.807, 2.05) is 18.2 Å². The summed E-state index contributed by atoms with van der Waals surface area (Å²) in [5, 5.41) is 0. The van der Waals surface area contributed by atoms with Crippen molar-refractivity contribution >= 4 is 0 Å². The van der Waals surface area contributed by atoms with Crippen LogP contribution in [0.1, 0.15) is 24.0 Å². The van der Waals surface area contributed by atoms with Crippen LogP contribution in [0.4, 0.5) is 13.2 Å². The molecule has 0 fully saturated rings. The fourth-order valence-electron chi connectivity index (χ4n) is 2.88. The van der Waals surface area contributed by atoms with Gasteiger partial charge in [-0.25, -0.2) is 0 Å². The molecule has 0 unspecified atom stereocenters. The van der Waals surface area contributed by atoms with Crippen LogP contribution in [0.3, 0.4) is 0 Å². The zero-order valence-corrected chi connectivity index (χ0v) is 15.7. The van der Waals surface area contributed by atoms with E-state index >= 15 is 0 Å². The molecule has 0 spiro atoms. The molecule has 152 valence electrons. The van der Waals surface area contributed by atoms with E-state index in [2.05, 4.69) is 0 Å². The number of halogens is 3. The number of hydrogen-bond donors (Lipinski definition) is 0. The van der Waals surface area contributed by atoms with E-state index in [1.54, 1.807) is 13.0 Å². The summed E-state index contributed by atoms with van der Waals surface area (Å²) in [5.74, 6) is 2.44. The fraction of sp³-hybridized carbons (Fsp3) is 0.429. The second kappa shape index (κ2) is 9.08. The van der Waals surface area contributed by atoms with Crippen molar-refractivity contribution in [2.45, 2.75) is 32.4 Å². The van der Waals surface area contributed by atoms with Gasteiger partial charge in [-0.15, -0.1) is 0 Å². The number of fused-ring (bicyclic) bond motifs is 1. The van der Waals surface area contributed by atoms with Gasteiger partial charge in [-0.2, -0.15) is 13.2 Å². The Hall–Kier alpha value is -2.57. The van der Waals surface area contributed by atoms with Crippen LogP contribution in [0.15, 0.2) is 36.4 Å². The van der Waals surface area contributed by atoms with Crippen molar-refractivity contribution in [2.75, 3.05) is 26.4 Å². The third-order valence-electron chi connectivity index (χ3n) is 4.25. The van der Waals surface area contributed by atoms with Crippen LogP contribution in [0.2, 0.25) is 0 Å². The van der Waals surface area contributed by atoms with E-state index in [1.165, 1.54) is 17.7 Å². The van der Waals surface area contributed by atoms with Gasteiger partial charge in [-0.3, -0.25) is 0 Å². The molecule has 0 saturated carbocycles. The van der Waals surface area contributed by atoms with Crippen molar-refractivity contribution in [2.24, 2.45) is 0 Å². The van der Waals surface area contributed by atoms with Crippen molar-refractivity contribution in [3.05, 3.63) is 47.5 Å². The molecule has 2 aromatic carbocycles. The van der Waals surface area contributed by atoms with E-state index in [9.17, 15) is 13.2 Å². The van der Waals surface area contributed by atoms with E-state index in [0.29, 0.717) is 30.9 Å². The summed E-state index contributed by atoms with van der Waals surface area (Å²) >= 11 is 0. The van der Waals surface area contributed by atoms with E-state index in [4.69, 9.17) is 18.9 Å². The normalized spacial score (nSPS) is 13.4. The SMILES string of the molecule is Cc1cc(OCC(F)(F)F)ccc1OCCCOc1ccc2c(c1)OCCC2. The summed E-state index contributed by atoms with van der Waals surface area (Å²) in [7, 11) is 0. The molecule has 0 N–H and O–H groups in total. The Balaban J connectivity index is 1.40. The van der Waals surface area contributed by atoms with E-state index < -0.39 is 12.8 Å². The Morgan fingerprint density at radius 2 is 1.71 bits per heavy atom. The van der Waals surface area contributed by atoms with Crippen molar-refractivity contribution < 1.29 is 32.1 Å². The second-order valence-corrected chi connectivity index (χ2v) is 6.60. The molecule has 0 aromatic heterocycles. The Kier molecular flexibility index (Phi) is 6.54. The molecule has 0 aliphatic carbocycles. The molecule has 28 heavy (non-hydrogen) atoms. The Labute approximate surface area is 162 Å². The molecule has 4 nitrogen and oxygen atoms in total. The molecule has 2 aromatic rings. The van der Waals surface area contributed by atoms with E-state index in [-0.39, 0.29) is 5.75 Å². The van der Waals surface area contributed by atoms with Crippen molar-refractivity contribution in [1.29, 1.82) is 0 Å². The minimum atomic E-state index is -4.35. The van der Waals surface area contributed by atoms with Crippen LogP contribution in [0.5, 0.6) is 23.0 Å². The van der Waals surface area contributed by atoms with Gasteiger partial charge in [0.25, 0.3) is 0 Å². The van der Waals surface area contributed by atoms with Crippen molar-refractivity contribution in [3.8, 4) is 23.0 Å². The maximum atomic E-state index is 12.2. The van der Waals surface area contributed by atoms with Gasteiger partial charge in [0.15, 0.2) is 6.61 Å². The Morgan fingerprint density at radius 3 is 2.50 bits per heavy atom. The highest BCUT2D eigenvalue weighted by Crippen LogP contribution is 2.29. The largest absolute Gasteiger partial charge is 0.493 e. The standard InChI is InChI=1S/C21H23F3O4/c1-15-12-17(28-14-21(22,23)24)7-8-19(15)26-11-3-10-25-18-6-5-16-4-2-9-27-20(16)13-18/h5-8,12-13H,2-4,9-11,14H2,1H3. The third kappa shape index (κ3) is 5.97. The first-order valence-electron chi connectivity index (χ1n) is 9.22. The molecule has 7 heteroatoms. The van der Waals surface area contributed by atoms with Crippen LogP contribution in [-0.2, 0) is 6.42 Å². The average Bonchev–Trinajstić information content (AvgIpc) is 2.67. The first-order valence-corrected chi connectivity index (χ1v) is 9.22. The summed E-state index contributed by atoms with van der Waals surface area (Å²) in [6, 6.07) is 10.5. The van der Waals surface area contributed by atoms with Gasteiger partial charge in [-0.05, 0) is 55.2 Å². The van der Waals surface area contributed by atoms with Gasteiger partial charge >= 0.3 is 6.18 Å². The highest BCUT2D eigenvalue weighted by atomic mass is 19.4. The fourth-order valence-corrected chi connectivity index (χ4v) is 2.88. The number of aryl methyl sites for hydroxylation is 2. The quantitative estimate of drug-likeness (QED) is 0.581. The lowest BCUT2D eigenvalue weighted by Crippen LogP contribution is -2.19. The predicted octanol–water partition coefficient (Wildman–Crippen LogP) is 5.11. The van der Waals surface area contributed by atoms with Crippen LogP contribution in [-0.4, -0.2) is 32.6 Å². The monoisotopic (exact) mass is 396 g/mol. The van der Waals surface area contributed by atoms with Gasteiger partial charge in [0.05, 0.1) is 19.8 Å². The van der Waals surface area contributed by atoms with Crippen molar-refractivity contribution in [3.63, 3.8) is 0 Å². The number of alkyl halides is 3. The van der Waals surface area contributed by atoms with Gasteiger partial charge in [0, 0.05) is 12.5 Å². The highest BCUT2D eigenvalue weighted by molar-refractivity contribution is 5.42. The summed E-state index contributed by atoms with van der Waals surface area (Å²) in [6.45, 7) is 2.12. The maximum absolute atomic E-state index is 12.2. The van der Waals surface area contributed by atoms with Crippen molar-refractivity contribution in [1.82, 2.24) is 0 Å². The minimum Gasteiger partial charge on any atom is -0.493 e. The highest BCUT2D eigenvalue weighted by Gasteiger charge is 2.28. The number of rotatable bonds is 8. The molecule has 0 bridgehead atoms. The number of benzene rings is 2. The number of ether oxygens (including phenoxy) is 4. The molecule has 0 radical (unpaired) electrons. The summed E-state index contributed by atoms with van der Waals surface area (Å²) in [6.07, 6.45) is -1.61. The minimum absolute atomic E-state index is 0.167. The first-order chi connectivity index (χ1) is 13.4. The lowest BCUT2D eigenvalue weighted by molar-refractivity contribution is -0.153. The maximum Gasteiger partial charge on any atom is 0.422 e. The van der Waals surface area contributed by atoms with E-state index in [0.717, 1.165) is 30.9 Å². The molecule has 1 heterocycles. The molecule has 3 rings (SSSR count). The molecule has 0 saturated heterocycles. The zero-order chi connectivity index (χ0) is 20.0. The summed E-state index contributed by atoms with van der Waals surface area (Å²) in [4.78, 5) is 0. The molecular weight excluding hydrogens is 373 g/mol. The topological polar surface area (TPSA) is 36.9 Å². The van der Waals surface area contributed by atoms with Gasteiger partial charge in [-0.1, -0.05) is 6.07 Å².